The van der Waals surface area contributed by atoms with Gasteiger partial charge in [0.2, 0.25) is 0 Å². The molecule has 0 bridgehead atoms. The summed E-state index contributed by atoms with van der Waals surface area (Å²) in [4.78, 5) is 0. The van der Waals surface area contributed by atoms with Gasteiger partial charge in [0.1, 0.15) is 11.6 Å². The van der Waals surface area contributed by atoms with Gasteiger partial charge in [-0.1, -0.05) is 19.1 Å². The number of benzene rings is 1. The van der Waals surface area contributed by atoms with Crippen LogP contribution in [0.4, 0.5) is 8.78 Å². The van der Waals surface area contributed by atoms with E-state index in [4.69, 9.17) is 0 Å². The maximum Gasteiger partial charge on any atom is 0.129 e. The standard InChI is InChI=1S/C11H12F2/c1-3-8(4-2)10-6-5-9(12)7-11(10)13/h3,5-8H,1,4H2,2H3. The molecule has 0 N–H and O–H groups in total. The van der Waals surface area contributed by atoms with Gasteiger partial charge in [0.25, 0.3) is 0 Å². The zero-order valence-electron chi connectivity index (χ0n) is 7.56. The largest absolute Gasteiger partial charge is 0.207 e. The third kappa shape index (κ3) is 2.14. The minimum Gasteiger partial charge on any atom is -0.207 e. The summed E-state index contributed by atoms with van der Waals surface area (Å²) in [6, 6.07) is 3.65. The van der Waals surface area contributed by atoms with Gasteiger partial charge in [0, 0.05) is 12.0 Å². The molecule has 0 spiro atoms. The minimum absolute atomic E-state index is 0.0272. The Morgan fingerprint density at radius 3 is 2.62 bits per heavy atom. The van der Waals surface area contributed by atoms with Gasteiger partial charge in [-0.2, -0.15) is 0 Å². The first-order chi connectivity index (χ1) is 6.19. The molecule has 1 rings (SSSR count). The van der Waals surface area contributed by atoms with E-state index in [-0.39, 0.29) is 5.92 Å². The number of allylic oxidation sites excluding steroid dienone is 1. The molecule has 2 heteroatoms. The second kappa shape index (κ2) is 4.17. The summed E-state index contributed by atoms with van der Waals surface area (Å²) in [5, 5.41) is 0. The fourth-order valence-electron chi connectivity index (χ4n) is 1.32. The van der Waals surface area contributed by atoms with Crippen molar-refractivity contribution in [3.63, 3.8) is 0 Å². The maximum atomic E-state index is 13.2. The molecule has 1 aromatic carbocycles. The Hall–Kier alpha value is -1.18. The van der Waals surface area contributed by atoms with Crippen molar-refractivity contribution in [3.05, 3.63) is 48.1 Å². The van der Waals surface area contributed by atoms with Crippen LogP contribution in [0.15, 0.2) is 30.9 Å². The van der Waals surface area contributed by atoms with Crippen molar-refractivity contribution in [1.29, 1.82) is 0 Å². The molecule has 0 heterocycles. The summed E-state index contributed by atoms with van der Waals surface area (Å²) in [6.45, 7) is 5.55. The summed E-state index contributed by atoms with van der Waals surface area (Å²) in [6.07, 6.45) is 2.45. The van der Waals surface area contributed by atoms with Crippen LogP contribution in [0, 0.1) is 11.6 Å². The van der Waals surface area contributed by atoms with Gasteiger partial charge in [0.15, 0.2) is 0 Å². The molecule has 0 aliphatic heterocycles. The molecule has 0 aliphatic rings. The molecule has 1 unspecified atom stereocenters. The Labute approximate surface area is 76.9 Å². The topological polar surface area (TPSA) is 0 Å². The number of hydrogen-bond donors (Lipinski definition) is 0. The molecule has 0 nitrogen and oxygen atoms in total. The molecular formula is C11H12F2. The van der Waals surface area contributed by atoms with Gasteiger partial charge in [-0.15, -0.1) is 6.58 Å². The van der Waals surface area contributed by atoms with Gasteiger partial charge in [-0.3, -0.25) is 0 Å². The van der Waals surface area contributed by atoms with Crippen molar-refractivity contribution in [3.8, 4) is 0 Å². The summed E-state index contributed by atoms with van der Waals surface area (Å²) >= 11 is 0. The van der Waals surface area contributed by atoms with Crippen LogP contribution >= 0.6 is 0 Å². The quantitative estimate of drug-likeness (QED) is 0.626. The minimum atomic E-state index is -0.542. The molecule has 1 atom stereocenters. The third-order valence-electron chi connectivity index (χ3n) is 2.09. The molecule has 0 saturated carbocycles. The first-order valence-electron chi connectivity index (χ1n) is 4.26. The van der Waals surface area contributed by atoms with E-state index >= 15 is 0 Å². The molecular weight excluding hydrogens is 170 g/mol. The first-order valence-corrected chi connectivity index (χ1v) is 4.26. The number of rotatable bonds is 3. The Morgan fingerprint density at radius 2 is 2.15 bits per heavy atom. The average molecular weight is 182 g/mol. The zero-order valence-corrected chi connectivity index (χ0v) is 7.56. The van der Waals surface area contributed by atoms with E-state index in [1.54, 1.807) is 6.08 Å². The molecule has 0 aromatic heterocycles. The molecule has 0 amide bonds. The van der Waals surface area contributed by atoms with Crippen LogP contribution in [-0.2, 0) is 0 Å². The lowest BCUT2D eigenvalue weighted by Gasteiger charge is -2.10. The van der Waals surface area contributed by atoms with E-state index in [1.165, 1.54) is 12.1 Å². The lowest BCUT2D eigenvalue weighted by Crippen LogP contribution is -1.97. The van der Waals surface area contributed by atoms with Gasteiger partial charge in [-0.05, 0) is 18.1 Å². The van der Waals surface area contributed by atoms with E-state index in [1.807, 2.05) is 6.92 Å². The average Bonchev–Trinajstić information content (AvgIpc) is 2.10. The lowest BCUT2D eigenvalue weighted by molar-refractivity contribution is 0.564. The Bertz CT molecular complexity index is 305. The number of hydrogen-bond acceptors (Lipinski definition) is 0. The molecule has 0 radical (unpaired) electrons. The monoisotopic (exact) mass is 182 g/mol. The molecule has 70 valence electrons. The zero-order chi connectivity index (χ0) is 9.84. The van der Waals surface area contributed by atoms with E-state index < -0.39 is 11.6 Å². The fourth-order valence-corrected chi connectivity index (χ4v) is 1.32. The van der Waals surface area contributed by atoms with Crippen LogP contribution < -0.4 is 0 Å². The highest BCUT2D eigenvalue weighted by Crippen LogP contribution is 2.23. The van der Waals surface area contributed by atoms with Gasteiger partial charge in [0.05, 0.1) is 0 Å². The van der Waals surface area contributed by atoms with Crippen LogP contribution in [-0.4, -0.2) is 0 Å². The Morgan fingerprint density at radius 1 is 1.46 bits per heavy atom. The van der Waals surface area contributed by atoms with Crippen molar-refractivity contribution in [2.24, 2.45) is 0 Å². The van der Waals surface area contributed by atoms with Crippen molar-refractivity contribution in [2.75, 3.05) is 0 Å². The predicted molar refractivity (Wildman–Crippen MR) is 49.6 cm³/mol. The normalized spacial score (nSPS) is 12.5. The molecule has 0 fully saturated rings. The highest BCUT2D eigenvalue weighted by molar-refractivity contribution is 5.25. The third-order valence-corrected chi connectivity index (χ3v) is 2.09. The van der Waals surface area contributed by atoms with Crippen molar-refractivity contribution < 1.29 is 8.78 Å². The summed E-state index contributed by atoms with van der Waals surface area (Å²) in [5.74, 6) is -1.06. The summed E-state index contributed by atoms with van der Waals surface area (Å²) in [7, 11) is 0. The van der Waals surface area contributed by atoms with E-state index in [0.29, 0.717) is 5.56 Å². The van der Waals surface area contributed by atoms with Crippen LogP contribution in [0.2, 0.25) is 0 Å². The molecule has 1 aromatic rings. The fraction of sp³-hybridized carbons (Fsp3) is 0.273. The lowest BCUT2D eigenvalue weighted by atomic mass is 9.96. The van der Waals surface area contributed by atoms with E-state index in [9.17, 15) is 8.78 Å². The second-order valence-electron chi connectivity index (χ2n) is 2.92. The first kappa shape index (κ1) is 9.90. The van der Waals surface area contributed by atoms with Crippen molar-refractivity contribution >= 4 is 0 Å². The van der Waals surface area contributed by atoms with E-state index in [0.717, 1.165) is 12.5 Å². The van der Waals surface area contributed by atoms with E-state index in [2.05, 4.69) is 6.58 Å². The highest BCUT2D eigenvalue weighted by atomic mass is 19.1. The summed E-state index contributed by atoms with van der Waals surface area (Å²) < 4.78 is 25.7. The number of halogens is 2. The van der Waals surface area contributed by atoms with Crippen LogP contribution in [0.1, 0.15) is 24.8 Å². The SMILES string of the molecule is C=CC(CC)c1ccc(F)cc1F. The highest BCUT2D eigenvalue weighted by Gasteiger charge is 2.10. The maximum absolute atomic E-state index is 13.2. The van der Waals surface area contributed by atoms with Crippen molar-refractivity contribution in [2.45, 2.75) is 19.3 Å². The second-order valence-corrected chi connectivity index (χ2v) is 2.92. The van der Waals surface area contributed by atoms with Crippen molar-refractivity contribution in [1.82, 2.24) is 0 Å². The van der Waals surface area contributed by atoms with Gasteiger partial charge >= 0.3 is 0 Å². The predicted octanol–water partition coefficient (Wildman–Crippen LogP) is 3.64. The van der Waals surface area contributed by atoms with Crippen LogP contribution in [0.3, 0.4) is 0 Å². The van der Waals surface area contributed by atoms with Crippen LogP contribution in [0.25, 0.3) is 0 Å². The smallest absolute Gasteiger partial charge is 0.129 e. The van der Waals surface area contributed by atoms with Gasteiger partial charge in [-0.25, -0.2) is 8.78 Å². The Kier molecular flexibility index (Phi) is 3.18. The van der Waals surface area contributed by atoms with Crippen LogP contribution in [0.5, 0.6) is 0 Å². The molecule has 0 saturated heterocycles. The van der Waals surface area contributed by atoms with Gasteiger partial charge < -0.3 is 0 Å². The Balaban J connectivity index is 3.06. The molecule has 13 heavy (non-hydrogen) atoms. The molecule has 0 aliphatic carbocycles. The summed E-state index contributed by atoms with van der Waals surface area (Å²) in [5.41, 5.74) is 0.513.